The lowest BCUT2D eigenvalue weighted by Crippen LogP contribution is -2.28. The highest BCUT2D eigenvalue weighted by atomic mass is 35.5. The first kappa shape index (κ1) is 12.8. The zero-order chi connectivity index (χ0) is 12.4. The van der Waals surface area contributed by atoms with Crippen LogP contribution in [0.2, 0.25) is 5.02 Å². The van der Waals surface area contributed by atoms with E-state index >= 15 is 0 Å². The second kappa shape index (κ2) is 5.34. The highest BCUT2D eigenvalue weighted by Gasteiger charge is 2.28. The highest BCUT2D eigenvalue weighted by Crippen LogP contribution is 2.25. The number of hydrogen-bond acceptors (Lipinski definition) is 2. The molecule has 0 radical (unpaired) electrons. The van der Waals surface area contributed by atoms with E-state index in [2.05, 4.69) is 0 Å². The van der Waals surface area contributed by atoms with Crippen molar-refractivity contribution in [1.82, 2.24) is 0 Å². The summed E-state index contributed by atoms with van der Waals surface area (Å²) in [6.07, 6.45) is 1.32. The maximum atomic E-state index is 13.6. The first-order chi connectivity index (χ1) is 8.08. The lowest BCUT2D eigenvalue weighted by Gasteiger charge is -2.18. The molecule has 1 aromatic rings. The number of rotatable bonds is 3. The third-order valence-electron chi connectivity index (χ3n) is 3.15. The monoisotopic (exact) mass is 258 g/mol. The zero-order valence-corrected chi connectivity index (χ0v) is 10.5. The highest BCUT2D eigenvalue weighted by molar-refractivity contribution is 6.30. The number of ether oxygens (including phenoxy) is 1. The molecule has 1 aromatic carbocycles. The van der Waals surface area contributed by atoms with Gasteiger partial charge in [0.2, 0.25) is 0 Å². The van der Waals surface area contributed by atoms with E-state index in [1.54, 1.807) is 12.1 Å². The van der Waals surface area contributed by atoms with Crippen LogP contribution in [0.3, 0.4) is 0 Å². The van der Waals surface area contributed by atoms with Gasteiger partial charge in [-0.15, -0.1) is 0 Å². The van der Waals surface area contributed by atoms with E-state index in [9.17, 15) is 9.50 Å². The SMILES string of the molecule is CC1CCC(C(O)Cc2cccc(Cl)c2F)O1. The minimum Gasteiger partial charge on any atom is -0.390 e. The van der Waals surface area contributed by atoms with Crippen molar-refractivity contribution in [3.8, 4) is 0 Å². The van der Waals surface area contributed by atoms with Crippen LogP contribution in [-0.2, 0) is 11.2 Å². The van der Waals surface area contributed by atoms with Gasteiger partial charge in [-0.25, -0.2) is 4.39 Å². The molecule has 1 N–H and O–H groups in total. The van der Waals surface area contributed by atoms with Crippen LogP contribution in [0.1, 0.15) is 25.3 Å². The molecule has 4 heteroatoms. The summed E-state index contributed by atoms with van der Waals surface area (Å²) in [6.45, 7) is 1.98. The van der Waals surface area contributed by atoms with Crippen molar-refractivity contribution < 1.29 is 14.2 Å². The molecule has 0 aromatic heterocycles. The Balaban J connectivity index is 2.03. The van der Waals surface area contributed by atoms with E-state index in [-0.39, 0.29) is 23.7 Å². The fraction of sp³-hybridized carbons (Fsp3) is 0.538. The minimum atomic E-state index is -0.673. The molecule has 0 amide bonds. The summed E-state index contributed by atoms with van der Waals surface area (Å²) in [7, 11) is 0. The zero-order valence-electron chi connectivity index (χ0n) is 9.70. The lowest BCUT2D eigenvalue weighted by molar-refractivity contribution is -0.0281. The second-order valence-electron chi connectivity index (χ2n) is 4.55. The van der Waals surface area contributed by atoms with Crippen LogP contribution in [0, 0.1) is 5.82 Å². The largest absolute Gasteiger partial charge is 0.390 e. The van der Waals surface area contributed by atoms with Crippen molar-refractivity contribution in [3.63, 3.8) is 0 Å². The van der Waals surface area contributed by atoms with Crippen molar-refractivity contribution in [2.75, 3.05) is 0 Å². The van der Waals surface area contributed by atoms with E-state index in [0.29, 0.717) is 5.56 Å². The van der Waals surface area contributed by atoms with Gasteiger partial charge in [-0.3, -0.25) is 0 Å². The molecule has 1 heterocycles. The van der Waals surface area contributed by atoms with Gasteiger partial charge in [-0.2, -0.15) is 0 Å². The van der Waals surface area contributed by atoms with Crippen molar-refractivity contribution in [2.24, 2.45) is 0 Å². The van der Waals surface area contributed by atoms with Gasteiger partial charge in [-0.05, 0) is 31.4 Å². The Kier molecular flexibility index (Phi) is 4.02. The van der Waals surface area contributed by atoms with Gasteiger partial charge in [0.15, 0.2) is 0 Å². The van der Waals surface area contributed by atoms with Crippen molar-refractivity contribution in [1.29, 1.82) is 0 Å². The van der Waals surface area contributed by atoms with Crippen molar-refractivity contribution in [2.45, 2.75) is 44.5 Å². The first-order valence-electron chi connectivity index (χ1n) is 5.84. The third-order valence-corrected chi connectivity index (χ3v) is 3.45. The molecule has 3 unspecified atom stereocenters. The second-order valence-corrected chi connectivity index (χ2v) is 4.95. The topological polar surface area (TPSA) is 29.5 Å². The Bertz CT molecular complexity index is 397. The summed E-state index contributed by atoms with van der Waals surface area (Å²) in [5.41, 5.74) is 0.438. The minimum absolute atomic E-state index is 0.0930. The Morgan fingerprint density at radius 3 is 2.94 bits per heavy atom. The summed E-state index contributed by atoms with van der Waals surface area (Å²) in [6, 6.07) is 4.83. The summed E-state index contributed by atoms with van der Waals surface area (Å²) in [4.78, 5) is 0. The molecular weight excluding hydrogens is 243 g/mol. The van der Waals surface area contributed by atoms with Gasteiger partial charge in [0.1, 0.15) is 5.82 Å². The smallest absolute Gasteiger partial charge is 0.145 e. The number of halogens is 2. The molecule has 1 fully saturated rings. The normalized spacial score (nSPS) is 26.1. The van der Waals surface area contributed by atoms with Gasteiger partial charge >= 0.3 is 0 Å². The summed E-state index contributed by atoms with van der Waals surface area (Å²) >= 11 is 5.69. The molecular formula is C13H16ClFO2. The molecule has 1 saturated heterocycles. The van der Waals surface area contributed by atoms with Crippen LogP contribution in [0.4, 0.5) is 4.39 Å². The molecule has 0 spiro atoms. The van der Waals surface area contributed by atoms with Gasteiger partial charge in [0.05, 0.1) is 23.3 Å². The molecule has 1 aliphatic rings. The quantitative estimate of drug-likeness (QED) is 0.903. The van der Waals surface area contributed by atoms with Gasteiger partial charge in [0, 0.05) is 6.42 Å². The molecule has 3 atom stereocenters. The van der Waals surface area contributed by atoms with E-state index < -0.39 is 11.9 Å². The first-order valence-corrected chi connectivity index (χ1v) is 6.22. The van der Waals surface area contributed by atoms with E-state index in [1.807, 2.05) is 6.92 Å². The molecule has 0 saturated carbocycles. The Morgan fingerprint density at radius 1 is 1.53 bits per heavy atom. The molecule has 17 heavy (non-hydrogen) atoms. The Morgan fingerprint density at radius 2 is 2.29 bits per heavy atom. The van der Waals surface area contributed by atoms with E-state index in [0.717, 1.165) is 12.8 Å². The van der Waals surface area contributed by atoms with E-state index in [1.165, 1.54) is 6.07 Å². The van der Waals surface area contributed by atoms with Crippen LogP contribution in [-0.4, -0.2) is 23.4 Å². The fourth-order valence-electron chi connectivity index (χ4n) is 2.18. The maximum Gasteiger partial charge on any atom is 0.145 e. The molecule has 0 bridgehead atoms. The predicted molar refractivity (Wildman–Crippen MR) is 64.7 cm³/mol. The van der Waals surface area contributed by atoms with Crippen LogP contribution in [0.25, 0.3) is 0 Å². The number of hydrogen-bond donors (Lipinski definition) is 1. The average molecular weight is 259 g/mol. The summed E-state index contributed by atoms with van der Waals surface area (Å²) in [5.74, 6) is -0.445. The predicted octanol–water partition coefficient (Wildman–Crippen LogP) is 2.95. The molecule has 2 rings (SSSR count). The number of aliphatic hydroxyl groups excluding tert-OH is 1. The Labute approximate surface area is 105 Å². The molecule has 1 aliphatic heterocycles. The Hall–Kier alpha value is -0.640. The third kappa shape index (κ3) is 2.97. The average Bonchev–Trinajstić information content (AvgIpc) is 2.72. The van der Waals surface area contributed by atoms with Gasteiger partial charge in [0.25, 0.3) is 0 Å². The fourth-order valence-corrected chi connectivity index (χ4v) is 2.37. The van der Waals surface area contributed by atoms with Crippen LogP contribution in [0.15, 0.2) is 18.2 Å². The van der Waals surface area contributed by atoms with Crippen molar-refractivity contribution in [3.05, 3.63) is 34.6 Å². The standard InChI is InChI=1S/C13H16ClFO2/c1-8-5-6-12(17-8)11(16)7-9-3-2-4-10(14)13(9)15/h2-4,8,11-12,16H,5-7H2,1H3. The molecule has 2 nitrogen and oxygen atoms in total. The van der Waals surface area contributed by atoms with Crippen LogP contribution < -0.4 is 0 Å². The maximum absolute atomic E-state index is 13.6. The van der Waals surface area contributed by atoms with Crippen LogP contribution in [0.5, 0.6) is 0 Å². The molecule has 94 valence electrons. The van der Waals surface area contributed by atoms with Gasteiger partial charge < -0.3 is 9.84 Å². The van der Waals surface area contributed by atoms with Crippen LogP contribution >= 0.6 is 11.6 Å². The number of aliphatic hydroxyl groups is 1. The lowest BCUT2D eigenvalue weighted by atomic mass is 10.0. The summed E-state index contributed by atoms with van der Waals surface area (Å²) in [5, 5.41) is 10.1. The van der Waals surface area contributed by atoms with E-state index in [4.69, 9.17) is 16.3 Å². The number of benzene rings is 1. The van der Waals surface area contributed by atoms with Crippen molar-refractivity contribution >= 4 is 11.6 Å². The summed E-state index contributed by atoms with van der Waals surface area (Å²) < 4.78 is 19.2. The molecule has 0 aliphatic carbocycles. The van der Waals surface area contributed by atoms with Gasteiger partial charge in [-0.1, -0.05) is 23.7 Å².